The van der Waals surface area contributed by atoms with E-state index >= 15 is 0 Å². The fourth-order valence-electron chi connectivity index (χ4n) is 5.37. The van der Waals surface area contributed by atoms with Crippen LogP contribution in [0.25, 0.3) is 0 Å². The topological polar surface area (TPSA) is 55.9 Å². The summed E-state index contributed by atoms with van der Waals surface area (Å²) in [5.41, 5.74) is 2.56. The van der Waals surface area contributed by atoms with Crippen LogP contribution in [0.4, 0.5) is 5.69 Å². The molecule has 0 radical (unpaired) electrons. The highest BCUT2D eigenvalue weighted by Gasteiger charge is 2.45. The summed E-state index contributed by atoms with van der Waals surface area (Å²) in [5, 5.41) is 3.08. The van der Waals surface area contributed by atoms with E-state index in [1.165, 1.54) is 5.56 Å². The summed E-state index contributed by atoms with van der Waals surface area (Å²) in [5.74, 6) is 0.277. The third-order valence-corrected chi connectivity index (χ3v) is 6.89. The van der Waals surface area contributed by atoms with Crippen LogP contribution < -0.4 is 10.2 Å². The van der Waals surface area contributed by atoms with Gasteiger partial charge >= 0.3 is 0 Å². The second kappa shape index (κ2) is 7.84. The Morgan fingerprint density at radius 1 is 1.18 bits per heavy atom. The molecule has 6 nitrogen and oxygen atoms in total. The van der Waals surface area contributed by atoms with Crippen molar-refractivity contribution in [3.05, 3.63) is 29.8 Å². The molecule has 0 aliphatic carbocycles. The Labute approximate surface area is 167 Å². The maximum absolute atomic E-state index is 13.0. The second-order valence-electron chi connectivity index (χ2n) is 8.76. The van der Waals surface area contributed by atoms with Crippen molar-refractivity contribution in [1.82, 2.24) is 15.1 Å². The lowest BCUT2D eigenvalue weighted by Crippen LogP contribution is -2.53. The first kappa shape index (κ1) is 19.4. The van der Waals surface area contributed by atoms with E-state index in [1.807, 2.05) is 11.0 Å². The van der Waals surface area contributed by atoms with Crippen LogP contribution in [0.15, 0.2) is 24.3 Å². The van der Waals surface area contributed by atoms with E-state index in [1.54, 1.807) is 6.92 Å². The van der Waals surface area contributed by atoms with Crippen molar-refractivity contribution in [2.24, 2.45) is 0 Å². The fourth-order valence-corrected chi connectivity index (χ4v) is 5.37. The van der Waals surface area contributed by atoms with Gasteiger partial charge in [-0.3, -0.25) is 19.4 Å². The maximum Gasteiger partial charge on any atom is 0.241 e. The highest BCUT2D eigenvalue weighted by atomic mass is 16.2. The van der Waals surface area contributed by atoms with Crippen molar-refractivity contribution >= 4 is 17.5 Å². The van der Waals surface area contributed by atoms with E-state index in [2.05, 4.69) is 40.4 Å². The number of nitrogens with zero attached hydrogens (tertiary/aromatic N) is 3. The minimum absolute atomic E-state index is 0.0558. The molecule has 0 saturated carbocycles. The summed E-state index contributed by atoms with van der Waals surface area (Å²) in [7, 11) is 2.17. The Balaban J connectivity index is 1.34. The number of benzene rings is 1. The zero-order valence-corrected chi connectivity index (χ0v) is 17.1. The molecular weight excluding hydrogens is 352 g/mol. The molecule has 1 N–H and O–H groups in total. The molecule has 3 heterocycles. The first-order chi connectivity index (χ1) is 13.5. The van der Waals surface area contributed by atoms with Crippen molar-refractivity contribution in [2.75, 3.05) is 44.7 Å². The van der Waals surface area contributed by atoms with Crippen LogP contribution in [0, 0.1) is 0 Å². The van der Waals surface area contributed by atoms with Gasteiger partial charge in [-0.25, -0.2) is 0 Å². The van der Waals surface area contributed by atoms with Crippen LogP contribution in [0.3, 0.4) is 0 Å². The zero-order chi connectivity index (χ0) is 19.7. The molecular formula is C22H32N4O2. The van der Waals surface area contributed by atoms with Gasteiger partial charge < -0.3 is 10.2 Å². The van der Waals surface area contributed by atoms with Crippen molar-refractivity contribution in [3.63, 3.8) is 0 Å². The summed E-state index contributed by atoms with van der Waals surface area (Å²) in [6.07, 6.45) is 5.24. The average Bonchev–Trinajstić information content (AvgIpc) is 2.97. The maximum atomic E-state index is 13.0. The van der Waals surface area contributed by atoms with Gasteiger partial charge in [0.25, 0.3) is 0 Å². The summed E-state index contributed by atoms with van der Waals surface area (Å²) in [4.78, 5) is 31.1. The molecule has 2 amide bonds. The second-order valence-corrected chi connectivity index (χ2v) is 8.76. The minimum Gasteiger partial charge on any atom is -0.352 e. The number of fused-ring (bicyclic) bond motifs is 1. The Kier molecular flexibility index (Phi) is 5.43. The average molecular weight is 385 g/mol. The Morgan fingerprint density at radius 2 is 1.93 bits per heavy atom. The number of nitrogens with one attached hydrogen (secondary N) is 1. The normalized spacial score (nSPS) is 24.9. The summed E-state index contributed by atoms with van der Waals surface area (Å²) >= 11 is 0. The standard InChI is InChI=1S/C22H32N4O2/c1-17(27)23-19-14-22(24(2)15-19)9-12-25(13-10-22)16-21(28)26-11-5-7-18-6-3-4-8-20(18)26/h3-4,6,8,19H,5,7,9-16H2,1-2H3,(H,23,27). The van der Waals surface area contributed by atoms with Crippen molar-refractivity contribution in [2.45, 2.75) is 50.6 Å². The molecule has 6 heteroatoms. The third-order valence-electron chi connectivity index (χ3n) is 6.89. The van der Waals surface area contributed by atoms with E-state index in [0.717, 1.165) is 64.0 Å². The predicted molar refractivity (Wildman–Crippen MR) is 110 cm³/mol. The first-order valence-corrected chi connectivity index (χ1v) is 10.6. The van der Waals surface area contributed by atoms with E-state index in [9.17, 15) is 9.59 Å². The van der Waals surface area contributed by atoms with Gasteiger partial charge in [-0.2, -0.15) is 0 Å². The van der Waals surface area contributed by atoms with E-state index in [-0.39, 0.29) is 23.4 Å². The molecule has 0 aromatic heterocycles. The highest BCUT2D eigenvalue weighted by Crippen LogP contribution is 2.37. The molecule has 1 unspecified atom stereocenters. The lowest BCUT2D eigenvalue weighted by molar-refractivity contribution is -0.121. The number of aryl methyl sites for hydroxylation is 1. The Bertz CT molecular complexity index is 742. The van der Waals surface area contributed by atoms with Crippen LogP contribution in [0.2, 0.25) is 0 Å². The van der Waals surface area contributed by atoms with Gasteiger partial charge in [-0.05, 0) is 50.8 Å². The Hall–Kier alpha value is -1.92. The smallest absolute Gasteiger partial charge is 0.241 e. The largest absolute Gasteiger partial charge is 0.352 e. The number of carbonyl (C=O) groups excluding carboxylic acids is 2. The molecule has 0 bridgehead atoms. The predicted octanol–water partition coefficient (Wildman–Crippen LogP) is 1.64. The number of piperidine rings is 1. The SMILES string of the molecule is CC(=O)NC1CN(C)C2(CCN(CC(=O)N3CCCc4ccccc43)CC2)C1. The number of likely N-dealkylation sites (N-methyl/N-ethyl adjacent to an activating group) is 1. The molecule has 3 aliphatic heterocycles. The number of para-hydroxylation sites is 1. The van der Waals surface area contributed by atoms with Gasteiger partial charge in [0.15, 0.2) is 0 Å². The van der Waals surface area contributed by atoms with Crippen LogP contribution >= 0.6 is 0 Å². The van der Waals surface area contributed by atoms with Crippen LogP contribution in [0.1, 0.15) is 38.2 Å². The fraction of sp³-hybridized carbons (Fsp3) is 0.636. The molecule has 1 aromatic carbocycles. The number of carbonyl (C=O) groups is 2. The van der Waals surface area contributed by atoms with Crippen molar-refractivity contribution in [1.29, 1.82) is 0 Å². The molecule has 1 atom stereocenters. The lowest BCUT2D eigenvalue weighted by atomic mass is 9.84. The summed E-state index contributed by atoms with van der Waals surface area (Å²) in [6.45, 7) is 5.73. The van der Waals surface area contributed by atoms with Crippen molar-refractivity contribution < 1.29 is 9.59 Å². The number of hydrogen-bond donors (Lipinski definition) is 1. The summed E-state index contributed by atoms with van der Waals surface area (Å²) < 4.78 is 0. The molecule has 2 saturated heterocycles. The lowest BCUT2D eigenvalue weighted by Gasteiger charge is -2.43. The zero-order valence-electron chi connectivity index (χ0n) is 17.1. The van der Waals surface area contributed by atoms with Crippen molar-refractivity contribution in [3.8, 4) is 0 Å². The number of likely N-dealkylation sites (tertiary alicyclic amines) is 2. The van der Waals surface area contributed by atoms with Crippen LogP contribution in [-0.4, -0.2) is 73.0 Å². The van der Waals surface area contributed by atoms with E-state index in [0.29, 0.717) is 6.54 Å². The molecule has 2 fully saturated rings. The van der Waals surface area contributed by atoms with Crippen LogP contribution in [0.5, 0.6) is 0 Å². The van der Waals surface area contributed by atoms with Crippen LogP contribution in [-0.2, 0) is 16.0 Å². The highest BCUT2D eigenvalue weighted by molar-refractivity contribution is 5.96. The van der Waals surface area contributed by atoms with E-state index in [4.69, 9.17) is 0 Å². The minimum atomic E-state index is 0.0558. The number of rotatable bonds is 3. The molecule has 4 rings (SSSR count). The number of anilines is 1. The number of hydrogen-bond acceptors (Lipinski definition) is 4. The van der Waals surface area contributed by atoms with Gasteiger partial charge in [-0.15, -0.1) is 0 Å². The summed E-state index contributed by atoms with van der Waals surface area (Å²) in [6, 6.07) is 8.55. The van der Waals surface area contributed by atoms with Gasteiger partial charge in [0.05, 0.1) is 6.54 Å². The molecule has 1 aromatic rings. The van der Waals surface area contributed by atoms with Gasteiger partial charge in [0, 0.05) is 50.4 Å². The monoisotopic (exact) mass is 384 g/mol. The van der Waals surface area contributed by atoms with E-state index < -0.39 is 0 Å². The quantitative estimate of drug-likeness (QED) is 0.861. The van der Waals surface area contributed by atoms with Gasteiger partial charge in [0.1, 0.15) is 0 Å². The first-order valence-electron chi connectivity index (χ1n) is 10.6. The third kappa shape index (κ3) is 3.80. The molecule has 1 spiro atoms. The Morgan fingerprint density at radius 3 is 2.68 bits per heavy atom. The number of amides is 2. The molecule has 3 aliphatic rings. The van der Waals surface area contributed by atoms with Gasteiger partial charge in [0.2, 0.25) is 11.8 Å². The molecule has 28 heavy (non-hydrogen) atoms. The molecule has 152 valence electrons. The van der Waals surface area contributed by atoms with Gasteiger partial charge in [-0.1, -0.05) is 18.2 Å².